The van der Waals surface area contributed by atoms with Crippen LogP contribution in [0.15, 0.2) is 34.0 Å². The Morgan fingerprint density at radius 1 is 1.52 bits per heavy atom. The van der Waals surface area contributed by atoms with Gasteiger partial charge in [-0.25, -0.2) is 9.37 Å². The van der Waals surface area contributed by atoms with Gasteiger partial charge in [-0.05, 0) is 34.0 Å². The van der Waals surface area contributed by atoms with Crippen LogP contribution in [0.25, 0.3) is 5.69 Å². The van der Waals surface area contributed by atoms with Gasteiger partial charge in [0.2, 0.25) is 0 Å². The lowest BCUT2D eigenvalue weighted by Crippen LogP contribution is -2.08. The first kappa shape index (κ1) is 16.0. The molecule has 0 aliphatic heterocycles. The van der Waals surface area contributed by atoms with Gasteiger partial charge in [-0.3, -0.25) is 9.36 Å². The second-order valence-electron chi connectivity index (χ2n) is 4.71. The molecule has 0 fully saturated rings. The summed E-state index contributed by atoms with van der Waals surface area (Å²) in [7, 11) is 0. The van der Waals surface area contributed by atoms with Crippen molar-refractivity contribution in [2.45, 2.75) is 24.9 Å². The van der Waals surface area contributed by atoms with Crippen LogP contribution in [0.5, 0.6) is 0 Å². The molecule has 4 nitrogen and oxygen atoms in total. The molecule has 1 aromatic carbocycles. The van der Waals surface area contributed by atoms with Gasteiger partial charge in [0.1, 0.15) is 5.82 Å². The molecule has 0 aliphatic rings. The highest BCUT2D eigenvalue weighted by Crippen LogP contribution is 2.32. The predicted octanol–water partition coefficient (Wildman–Crippen LogP) is 4.07. The quantitative estimate of drug-likeness (QED) is 0.803. The van der Waals surface area contributed by atoms with E-state index in [4.69, 9.17) is 5.11 Å². The normalized spacial score (nSPS) is 11.1. The molecule has 0 unspecified atom stereocenters. The minimum atomic E-state index is -0.937. The Kier molecular flexibility index (Phi) is 5.05. The molecule has 2 aromatic rings. The maximum absolute atomic E-state index is 14.2. The molecule has 0 saturated carbocycles. The van der Waals surface area contributed by atoms with E-state index in [1.807, 2.05) is 13.8 Å². The number of para-hydroxylation sites is 1. The number of carbonyl (C=O) groups is 1. The van der Waals surface area contributed by atoms with Crippen LogP contribution in [-0.2, 0) is 4.79 Å². The third-order valence-electron chi connectivity index (χ3n) is 2.83. The molecule has 7 heteroatoms. The molecule has 2 rings (SSSR count). The van der Waals surface area contributed by atoms with Crippen LogP contribution in [0.3, 0.4) is 0 Å². The highest BCUT2D eigenvalue weighted by atomic mass is 79.9. The molecule has 1 aromatic heterocycles. The van der Waals surface area contributed by atoms with Gasteiger partial charge in [0.15, 0.2) is 5.16 Å². The van der Waals surface area contributed by atoms with Gasteiger partial charge in [-0.15, -0.1) is 0 Å². The highest BCUT2D eigenvalue weighted by Gasteiger charge is 2.20. The second-order valence-corrected chi connectivity index (χ2v) is 6.51. The lowest BCUT2D eigenvalue weighted by atomic mass is 10.1. The first-order valence-electron chi connectivity index (χ1n) is 6.28. The number of aromatic nitrogens is 2. The topological polar surface area (TPSA) is 55.1 Å². The summed E-state index contributed by atoms with van der Waals surface area (Å²) < 4.78 is 16.5. The van der Waals surface area contributed by atoms with Gasteiger partial charge in [-0.2, -0.15) is 0 Å². The number of halogens is 2. The number of hydrogen-bond donors (Lipinski definition) is 1. The number of aliphatic carboxylic acids is 1. The van der Waals surface area contributed by atoms with Crippen LogP contribution in [0.4, 0.5) is 4.39 Å². The Balaban J connectivity index is 2.58. The van der Waals surface area contributed by atoms with Gasteiger partial charge in [0, 0.05) is 10.2 Å². The summed E-state index contributed by atoms with van der Waals surface area (Å²) in [5.41, 5.74) is 1.18. The molecule has 21 heavy (non-hydrogen) atoms. The van der Waals surface area contributed by atoms with Crippen LogP contribution < -0.4 is 0 Å². The van der Waals surface area contributed by atoms with Crippen LogP contribution >= 0.6 is 27.7 Å². The molecule has 1 heterocycles. The van der Waals surface area contributed by atoms with Gasteiger partial charge in [-0.1, -0.05) is 31.7 Å². The largest absolute Gasteiger partial charge is 0.481 e. The van der Waals surface area contributed by atoms with Gasteiger partial charge in [0.05, 0.1) is 17.6 Å². The van der Waals surface area contributed by atoms with E-state index in [0.29, 0.717) is 15.3 Å². The van der Waals surface area contributed by atoms with Crippen molar-refractivity contribution in [1.82, 2.24) is 9.55 Å². The van der Waals surface area contributed by atoms with Crippen molar-refractivity contribution >= 4 is 33.7 Å². The van der Waals surface area contributed by atoms with E-state index < -0.39 is 5.97 Å². The lowest BCUT2D eigenvalue weighted by Gasteiger charge is -2.15. The summed E-state index contributed by atoms with van der Waals surface area (Å²) >= 11 is 4.42. The van der Waals surface area contributed by atoms with Crippen molar-refractivity contribution in [3.8, 4) is 5.69 Å². The second kappa shape index (κ2) is 6.62. The van der Waals surface area contributed by atoms with Gasteiger partial charge in [0.25, 0.3) is 0 Å². The highest BCUT2D eigenvalue weighted by molar-refractivity contribution is 9.10. The van der Waals surface area contributed by atoms with Crippen molar-refractivity contribution in [2.75, 3.05) is 5.75 Å². The smallest absolute Gasteiger partial charge is 0.313 e. The monoisotopic (exact) mass is 372 g/mol. The minimum Gasteiger partial charge on any atom is -0.481 e. The maximum Gasteiger partial charge on any atom is 0.313 e. The minimum absolute atomic E-state index is 0.124. The molecular formula is C14H14BrFN2O2S. The number of thioether (sulfide) groups is 1. The van der Waals surface area contributed by atoms with Gasteiger partial charge < -0.3 is 5.11 Å². The molecule has 0 saturated heterocycles. The summed E-state index contributed by atoms with van der Waals surface area (Å²) in [4.78, 5) is 15.0. The molecule has 0 bridgehead atoms. The van der Waals surface area contributed by atoms with Crippen LogP contribution in [0.1, 0.15) is 25.5 Å². The van der Waals surface area contributed by atoms with E-state index in [1.54, 1.807) is 22.9 Å². The average molecular weight is 373 g/mol. The van der Waals surface area contributed by atoms with Crippen molar-refractivity contribution in [3.63, 3.8) is 0 Å². The Bertz CT molecular complexity index is 653. The summed E-state index contributed by atoms with van der Waals surface area (Å²) in [6, 6.07) is 4.73. The van der Waals surface area contributed by atoms with E-state index in [0.717, 1.165) is 17.5 Å². The molecule has 0 atom stereocenters. The summed E-state index contributed by atoms with van der Waals surface area (Å²) in [6.07, 6.45) is 1.66. The van der Waals surface area contributed by atoms with Crippen molar-refractivity contribution in [3.05, 3.63) is 40.4 Å². The Hall–Kier alpha value is -1.34. The Labute approximate surface area is 134 Å². The summed E-state index contributed by atoms with van der Waals surface area (Å²) in [5, 5.41) is 9.28. The molecule has 0 amide bonds. The van der Waals surface area contributed by atoms with Crippen molar-refractivity contribution < 1.29 is 14.3 Å². The summed E-state index contributed by atoms with van der Waals surface area (Å²) in [6.45, 7) is 3.96. The zero-order valence-electron chi connectivity index (χ0n) is 11.5. The Morgan fingerprint density at radius 3 is 2.81 bits per heavy atom. The zero-order valence-corrected chi connectivity index (χ0v) is 13.9. The standard InChI is InChI=1S/C14H14BrFN2O2S/c1-8(2)11-6-17-14(21-7-12(19)20)18(11)13-9(15)4-3-5-10(13)16/h3-6,8H,7H2,1-2H3,(H,19,20). The van der Waals surface area contributed by atoms with E-state index >= 15 is 0 Å². The third kappa shape index (κ3) is 3.47. The number of hydrogen-bond acceptors (Lipinski definition) is 3. The number of rotatable bonds is 5. The van der Waals surface area contributed by atoms with Crippen LogP contribution in [-0.4, -0.2) is 26.4 Å². The van der Waals surface area contributed by atoms with Crippen LogP contribution in [0, 0.1) is 5.82 Å². The molecule has 0 spiro atoms. The maximum atomic E-state index is 14.2. The lowest BCUT2D eigenvalue weighted by molar-refractivity contribution is -0.133. The predicted molar refractivity (Wildman–Crippen MR) is 83.7 cm³/mol. The summed E-state index contributed by atoms with van der Waals surface area (Å²) in [5.74, 6) is -1.32. The number of nitrogens with zero attached hydrogens (tertiary/aromatic N) is 2. The Morgan fingerprint density at radius 2 is 2.24 bits per heavy atom. The van der Waals surface area contributed by atoms with Crippen LogP contribution in [0.2, 0.25) is 0 Å². The van der Waals surface area contributed by atoms with Gasteiger partial charge >= 0.3 is 5.97 Å². The fraction of sp³-hybridized carbons (Fsp3) is 0.286. The number of carboxylic acids is 1. The third-order valence-corrected chi connectivity index (χ3v) is 4.41. The van der Waals surface area contributed by atoms with Crippen molar-refractivity contribution in [2.24, 2.45) is 0 Å². The first-order chi connectivity index (χ1) is 9.91. The molecule has 0 aliphatic carbocycles. The fourth-order valence-corrected chi connectivity index (χ4v) is 3.13. The van der Waals surface area contributed by atoms with Crippen molar-refractivity contribution in [1.29, 1.82) is 0 Å². The average Bonchev–Trinajstić information content (AvgIpc) is 2.80. The van der Waals surface area contributed by atoms with E-state index in [1.165, 1.54) is 6.07 Å². The molecule has 0 radical (unpaired) electrons. The number of benzene rings is 1. The molecular weight excluding hydrogens is 359 g/mol. The molecule has 112 valence electrons. The SMILES string of the molecule is CC(C)c1cnc(SCC(=O)O)n1-c1c(F)cccc1Br. The number of imidazole rings is 1. The zero-order chi connectivity index (χ0) is 15.6. The number of carboxylic acid groups (broad SMARTS) is 1. The van der Waals surface area contributed by atoms with E-state index in [2.05, 4.69) is 20.9 Å². The molecule has 1 N–H and O–H groups in total. The first-order valence-corrected chi connectivity index (χ1v) is 8.06. The van der Waals surface area contributed by atoms with E-state index in [9.17, 15) is 9.18 Å². The van der Waals surface area contributed by atoms with E-state index in [-0.39, 0.29) is 17.5 Å². The fourth-order valence-electron chi connectivity index (χ4n) is 1.91.